The summed E-state index contributed by atoms with van der Waals surface area (Å²) in [6.45, 7) is 5.05. The number of methoxy groups -OCH3 is 1. The second-order valence-corrected chi connectivity index (χ2v) is 7.04. The minimum absolute atomic E-state index is 0.0969. The molecule has 1 rings (SSSR count). The fraction of sp³-hybridized carbons (Fsp3) is 0.438. The summed E-state index contributed by atoms with van der Waals surface area (Å²) in [6, 6.07) is 6.83. The first-order valence-electron chi connectivity index (χ1n) is 7.34. The SMILES string of the molecule is COC(=O)C(CNC(=O)OC(C)(C)C)NC=O.Nc1cccc(I)c1. The lowest BCUT2D eigenvalue weighted by molar-refractivity contribution is -0.143. The first-order valence-corrected chi connectivity index (χ1v) is 8.42. The number of benzene rings is 1. The molecule has 9 heteroatoms. The topological polar surface area (TPSA) is 120 Å². The predicted molar refractivity (Wildman–Crippen MR) is 103 cm³/mol. The van der Waals surface area contributed by atoms with Gasteiger partial charge in [0.25, 0.3) is 0 Å². The van der Waals surface area contributed by atoms with Gasteiger partial charge in [-0.3, -0.25) is 4.79 Å². The fourth-order valence-electron chi connectivity index (χ4n) is 1.44. The van der Waals surface area contributed by atoms with Crippen molar-refractivity contribution in [3.63, 3.8) is 0 Å². The number of hydrogen-bond acceptors (Lipinski definition) is 6. The Balaban J connectivity index is 0.000000593. The standard InChI is InChI=1S/C10H18N2O5.C6H6IN/c1-10(2,3)17-9(15)11-5-7(12-6-13)8(14)16-4;7-5-2-1-3-6(8)4-5/h6-7H,5H2,1-4H3,(H,11,15)(H,12,13);1-4H,8H2. The van der Waals surface area contributed by atoms with Gasteiger partial charge >= 0.3 is 12.1 Å². The highest BCUT2D eigenvalue weighted by atomic mass is 127. The summed E-state index contributed by atoms with van der Waals surface area (Å²) in [5, 5.41) is 4.58. The molecule has 0 saturated heterocycles. The van der Waals surface area contributed by atoms with Crippen LogP contribution in [0.3, 0.4) is 0 Å². The number of nitrogen functional groups attached to an aromatic ring is 1. The molecule has 0 bridgehead atoms. The lowest BCUT2D eigenvalue weighted by Crippen LogP contribution is -2.47. The number of esters is 1. The smallest absolute Gasteiger partial charge is 0.407 e. The van der Waals surface area contributed by atoms with Crippen LogP contribution in [0.4, 0.5) is 10.5 Å². The third-order valence-corrected chi connectivity index (χ3v) is 3.12. The first-order chi connectivity index (χ1) is 11.6. The van der Waals surface area contributed by atoms with E-state index in [0.29, 0.717) is 6.41 Å². The van der Waals surface area contributed by atoms with Gasteiger partial charge in [-0.25, -0.2) is 9.59 Å². The zero-order chi connectivity index (χ0) is 19.5. The molecule has 0 spiro atoms. The highest BCUT2D eigenvalue weighted by molar-refractivity contribution is 14.1. The summed E-state index contributed by atoms with van der Waals surface area (Å²) in [5.41, 5.74) is 5.66. The molecule has 0 aliphatic rings. The van der Waals surface area contributed by atoms with E-state index in [1.807, 2.05) is 24.3 Å². The van der Waals surface area contributed by atoms with Gasteiger partial charge in [0, 0.05) is 9.26 Å². The Kier molecular flexibility index (Phi) is 10.6. The van der Waals surface area contributed by atoms with Crippen LogP contribution >= 0.6 is 22.6 Å². The Bertz CT molecular complexity index is 558. The Morgan fingerprint density at radius 3 is 2.40 bits per heavy atom. The highest BCUT2D eigenvalue weighted by Crippen LogP contribution is 2.07. The Morgan fingerprint density at radius 2 is 2.00 bits per heavy atom. The van der Waals surface area contributed by atoms with Crippen molar-refractivity contribution in [3.8, 4) is 0 Å². The van der Waals surface area contributed by atoms with Gasteiger partial charge in [0.1, 0.15) is 11.6 Å². The lowest BCUT2D eigenvalue weighted by Gasteiger charge is -2.21. The van der Waals surface area contributed by atoms with Crippen LogP contribution in [-0.2, 0) is 19.1 Å². The molecule has 0 heterocycles. The zero-order valence-electron chi connectivity index (χ0n) is 14.7. The second kappa shape index (κ2) is 11.5. The Hall–Kier alpha value is -2.04. The molecule has 0 fully saturated rings. The number of rotatable bonds is 5. The van der Waals surface area contributed by atoms with E-state index in [0.717, 1.165) is 5.69 Å². The first kappa shape index (κ1) is 23.0. The number of halogens is 1. The van der Waals surface area contributed by atoms with Gasteiger partial charge in [-0.1, -0.05) is 6.07 Å². The molecule has 1 aromatic carbocycles. The van der Waals surface area contributed by atoms with E-state index in [2.05, 4.69) is 38.0 Å². The van der Waals surface area contributed by atoms with Gasteiger partial charge in [-0.2, -0.15) is 0 Å². The Labute approximate surface area is 160 Å². The van der Waals surface area contributed by atoms with E-state index in [1.54, 1.807) is 20.8 Å². The van der Waals surface area contributed by atoms with Crippen molar-refractivity contribution < 1.29 is 23.9 Å². The second-order valence-electron chi connectivity index (χ2n) is 5.80. The number of alkyl carbamates (subject to hydrolysis) is 1. The summed E-state index contributed by atoms with van der Waals surface area (Å²) in [4.78, 5) is 32.7. The molecular formula is C16H24IN3O5. The van der Waals surface area contributed by atoms with Crippen molar-refractivity contribution in [2.75, 3.05) is 19.4 Å². The number of amides is 2. The molecule has 140 valence electrons. The van der Waals surface area contributed by atoms with Crippen LogP contribution in [0.5, 0.6) is 0 Å². The quantitative estimate of drug-likeness (QED) is 0.264. The van der Waals surface area contributed by atoms with Gasteiger partial charge in [0.15, 0.2) is 0 Å². The average molecular weight is 465 g/mol. The van der Waals surface area contributed by atoms with Crippen molar-refractivity contribution in [1.82, 2.24) is 10.6 Å². The van der Waals surface area contributed by atoms with Gasteiger partial charge in [-0.05, 0) is 61.6 Å². The molecule has 1 atom stereocenters. The fourth-order valence-corrected chi connectivity index (χ4v) is 2.01. The molecule has 8 nitrogen and oxygen atoms in total. The summed E-state index contributed by atoms with van der Waals surface area (Å²) >= 11 is 2.23. The van der Waals surface area contributed by atoms with Crippen LogP contribution in [0.2, 0.25) is 0 Å². The van der Waals surface area contributed by atoms with Crippen molar-refractivity contribution >= 4 is 46.8 Å². The van der Waals surface area contributed by atoms with Crippen LogP contribution in [0.25, 0.3) is 0 Å². The maximum absolute atomic E-state index is 11.3. The maximum Gasteiger partial charge on any atom is 0.407 e. The molecule has 0 saturated carbocycles. The summed E-state index contributed by atoms with van der Waals surface area (Å²) in [5.74, 6) is -0.645. The summed E-state index contributed by atoms with van der Waals surface area (Å²) < 4.78 is 10.6. The monoisotopic (exact) mass is 465 g/mol. The van der Waals surface area contributed by atoms with Gasteiger partial charge in [0.2, 0.25) is 6.41 Å². The Morgan fingerprint density at radius 1 is 1.36 bits per heavy atom. The third-order valence-electron chi connectivity index (χ3n) is 2.45. The third kappa shape index (κ3) is 12.0. The lowest BCUT2D eigenvalue weighted by atomic mass is 10.2. The number of ether oxygens (including phenoxy) is 2. The number of carbonyl (C=O) groups is 3. The van der Waals surface area contributed by atoms with Gasteiger partial charge in [0.05, 0.1) is 13.7 Å². The average Bonchev–Trinajstić information content (AvgIpc) is 2.49. The van der Waals surface area contributed by atoms with Crippen molar-refractivity contribution in [1.29, 1.82) is 0 Å². The van der Waals surface area contributed by atoms with Crippen LogP contribution in [0.15, 0.2) is 24.3 Å². The number of nitrogens with two attached hydrogens (primary N) is 1. The highest BCUT2D eigenvalue weighted by Gasteiger charge is 2.21. The summed E-state index contributed by atoms with van der Waals surface area (Å²) in [7, 11) is 1.19. The number of carbonyl (C=O) groups excluding carboxylic acids is 3. The van der Waals surface area contributed by atoms with E-state index in [4.69, 9.17) is 10.5 Å². The van der Waals surface area contributed by atoms with E-state index in [9.17, 15) is 14.4 Å². The maximum atomic E-state index is 11.3. The van der Waals surface area contributed by atoms with E-state index in [-0.39, 0.29) is 6.54 Å². The minimum Gasteiger partial charge on any atom is -0.467 e. The number of anilines is 1. The van der Waals surface area contributed by atoms with Gasteiger partial charge < -0.3 is 25.8 Å². The van der Waals surface area contributed by atoms with Crippen LogP contribution in [0.1, 0.15) is 20.8 Å². The van der Waals surface area contributed by atoms with Crippen LogP contribution in [-0.4, -0.2) is 43.8 Å². The molecule has 1 aromatic rings. The molecule has 0 aliphatic carbocycles. The molecule has 4 N–H and O–H groups in total. The minimum atomic E-state index is -0.926. The largest absolute Gasteiger partial charge is 0.467 e. The molecule has 25 heavy (non-hydrogen) atoms. The van der Waals surface area contributed by atoms with Crippen molar-refractivity contribution in [2.45, 2.75) is 32.4 Å². The number of hydrogen-bond donors (Lipinski definition) is 3. The van der Waals surface area contributed by atoms with Crippen LogP contribution < -0.4 is 16.4 Å². The molecule has 0 aliphatic heterocycles. The van der Waals surface area contributed by atoms with Crippen molar-refractivity contribution in [3.05, 3.63) is 27.8 Å². The van der Waals surface area contributed by atoms with Crippen LogP contribution in [0, 0.1) is 3.57 Å². The van der Waals surface area contributed by atoms with E-state index < -0.39 is 23.7 Å². The van der Waals surface area contributed by atoms with E-state index in [1.165, 1.54) is 10.7 Å². The van der Waals surface area contributed by atoms with Gasteiger partial charge in [-0.15, -0.1) is 0 Å². The predicted octanol–water partition coefficient (Wildman–Crippen LogP) is 1.67. The molecular weight excluding hydrogens is 441 g/mol. The molecule has 1 unspecified atom stereocenters. The normalized spacial score (nSPS) is 11.2. The van der Waals surface area contributed by atoms with Crippen molar-refractivity contribution in [2.24, 2.45) is 0 Å². The molecule has 0 radical (unpaired) electrons. The number of nitrogens with one attached hydrogen (secondary N) is 2. The summed E-state index contributed by atoms with van der Waals surface area (Å²) in [6.07, 6.45) is -0.308. The zero-order valence-corrected chi connectivity index (χ0v) is 16.8. The molecule has 0 aromatic heterocycles. The van der Waals surface area contributed by atoms with E-state index >= 15 is 0 Å². The molecule has 2 amide bonds.